The van der Waals surface area contributed by atoms with Crippen molar-refractivity contribution in [3.05, 3.63) is 58.4 Å². The fraction of sp³-hybridized carbons (Fsp3) is 0.312. The molecule has 2 aromatic rings. The normalized spacial score (nSPS) is 12.2. The van der Waals surface area contributed by atoms with E-state index in [1.807, 2.05) is 31.2 Å². The SMILES string of the molecule is CCCOc1cncc(C(N)c2ccc(C)c(Cl)c2)c1. The number of rotatable bonds is 5. The molecule has 0 amide bonds. The molecule has 0 spiro atoms. The summed E-state index contributed by atoms with van der Waals surface area (Å²) in [7, 11) is 0. The lowest BCUT2D eigenvalue weighted by Crippen LogP contribution is -2.12. The monoisotopic (exact) mass is 290 g/mol. The topological polar surface area (TPSA) is 48.1 Å². The van der Waals surface area contributed by atoms with Crippen LogP contribution in [-0.2, 0) is 0 Å². The van der Waals surface area contributed by atoms with Gasteiger partial charge in [0, 0.05) is 11.2 Å². The Hall–Kier alpha value is -1.58. The van der Waals surface area contributed by atoms with Crippen molar-refractivity contribution >= 4 is 11.6 Å². The van der Waals surface area contributed by atoms with Crippen molar-refractivity contribution < 1.29 is 4.74 Å². The number of aromatic nitrogens is 1. The molecule has 1 aromatic carbocycles. The maximum atomic E-state index is 6.28. The lowest BCUT2D eigenvalue weighted by Gasteiger charge is -2.14. The minimum atomic E-state index is -0.259. The van der Waals surface area contributed by atoms with Crippen molar-refractivity contribution in [1.29, 1.82) is 0 Å². The number of nitrogens with zero attached hydrogens (tertiary/aromatic N) is 1. The predicted molar refractivity (Wildman–Crippen MR) is 82.2 cm³/mol. The largest absolute Gasteiger partial charge is 0.492 e. The zero-order chi connectivity index (χ0) is 14.5. The molecule has 1 aromatic heterocycles. The first kappa shape index (κ1) is 14.8. The fourth-order valence-electron chi connectivity index (χ4n) is 1.90. The Morgan fingerprint density at radius 3 is 2.75 bits per heavy atom. The number of nitrogens with two attached hydrogens (primary N) is 1. The summed E-state index contributed by atoms with van der Waals surface area (Å²) < 4.78 is 5.58. The van der Waals surface area contributed by atoms with E-state index in [2.05, 4.69) is 11.9 Å². The molecule has 0 fully saturated rings. The second-order valence-corrected chi connectivity index (χ2v) is 5.20. The first-order valence-electron chi connectivity index (χ1n) is 6.71. The minimum absolute atomic E-state index is 0.259. The molecule has 1 unspecified atom stereocenters. The molecule has 0 aliphatic rings. The Kier molecular flexibility index (Phi) is 4.99. The van der Waals surface area contributed by atoms with E-state index in [4.69, 9.17) is 22.1 Å². The highest BCUT2D eigenvalue weighted by Crippen LogP contribution is 2.25. The number of pyridine rings is 1. The van der Waals surface area contributed by atoms with Gasteiger partial charge < -0.3 is 10.5 Å². The van der Waals surface area contributed by atoms with Gasteiger partial charge in [-0.15, -0.1) is 0 Å². The van der Waals surface area contributed by atoms with Gasteiger partial charge in [0.25, 0.3) is 0 Å². The molecule has 4 heteroatoms. The molecule has 0 saturated heterocycles. The van der Waals surface area contributed by atoms with Gasteiger partial charge in [-0.3, -0.25) is 4.98 Å². The quantitative estimate of drug-likeness (QED) is 0.909. The number of halogens is 1. The summed E-state index contributed by atoms with van der Waals surface area (Å²) in [6.07, 6.45) is 4.43. The van der Waals surface area contributed by atoms with E-state index in [0.717, 1.165) is 33.9 Å². The van der Waals surface area contributed by atoms with Crippen molar-refractivity contribution in [2.75, 3.05) is 6.61 Å². The maximum Gasteiger partial charge on any atom is 0.137 e. The van der Waals surface area contributed by atoms with Gasteiger partial charge >= 0.3 is 0 Å². The molecule has 2 N–H and O–H groups in total. The third-order valence-corrected chi connectivity index (χ3v) is 3.53. The van der Waals surface area contributed by atoms with Crippen LogP contribution in [0.15, 0.2) is 36.7 Å². The van der Waals surface area contributed by atoms with E-state index < -0.39 is 0 Å². The third-order valence-electron chi connectivity index (χ3n) is 3.12. The van der Waals surface area contributed by atoms with Crippen LogP contribution in [0.4, 0.5) is 0 Å². The minimum Gasteiger partial charge on any atom is -0.492 e. The van der Waals surface area contributed by atoms with Crippen molar-refractivity contribution in [2.24, 2.45) is 5.73 Å². The molecule has 20 heavy (non-hydrogen) atoms. The number of benzene rings is 1. The number of ether oxygens (including phenoxy) is 1. The predicted octanol–water partition coefficient (Wildman–Crippen LogP) is 3.88. The fourth-order valence-corrected chi connectivity index (χ4v) is 2.09. The first-order valence-corrected chi connectivity index (χ1v) is 7.09. The molecule has 1 atom stereocenters. The zero-order valence-electron chi connectivity index (χ0n) is 11.8. The van der Waals surface area contributed by atoms with E-state index >= 15 is 0 Å². The van der Waals surface area contributed by atoms with Gasteiger partial charge in [-0.1, -0.05) is 30.7 Å². The Morgan fingerprint density at radius 1 is 1.25 bits per heavy atom. The van der Waals surface area contributed by atoms with Crippen LogP contribution in [-0.4, -0.2) is 11.6 Å². The Balaban J connectivity index is 2.23. The van der Waals surface area contributed by atoms with Gasteiger partial charge in [0.05, 0.1) is 18.8 Å². The standard InChI is InChI=1S/C16H19ClN2O/c1-3-6-20-14-7-13(9-19-10-14)16(18)12-5-4-11(2)15(17)8-12/h4-5,7-10,16H,3,6,18H2,1-2H3. The van der Waals surface area contributed by atoms with Gasteiger partial charge in [-0.2, -0.15) is 0 Å². The second kappa shape index (κ2) is 6.73. The van der Waals surface area contributed by atoms with Gasteiger partial charge in [0.1, 0.15) is 5.75 Å². The molecule has 0 saturated carbocycles. The summed E-state index contributed by atoms with van der Waals surface area (Å²) in [5.74, 6) is 0.748. The Morgan fingerprint density at radius 2 is 2.05 bits per heavy atom. The van der Waals surface area contributed by atoms with E-state index in [9.17, 15) is 0 Å². The Labute approximate surface area is 124 Å². The van der Waals surface area contributed by atoms with Gasteiger partial charge in [0.2, 0.25) is 0 Å². The molecule has 0 radical (unpaired) electrons. The Bertz CT molecular complexity index is 586. The van der Waals surface area contributed by atoms with E-state index in [-0.39, 0.29) is 6.04 Å². The first-order chi connectivity index (χ1) is 9.61. The maximum absolute atomic E-state index is 6.28. The van der Waals surface area contributed by atoms with Crippen LogP contribution < -0.4 is 10.5 Å². The summed E-state index contributed by atoms with van der Waals surface area (Å²) in [6.45, 7) is 4.71. The highest BCUT2D eigenvalue weighted by atomic mass is 35.5. The van der Waals surface area contributed by atoms with Crippen LogP contribution in [0.1, 0.15) is 36.1 Å². The molecular weight excluding hydrogens is 272 g/mol. The lowest BCUT2D eigenvalue weighted by atomic mass is 10.00. The highest BCUT2D eigenvalue weighted by Gasteiger charge is 2.11. The summed E-state index contributed by atoms with van der Waals surface area (Å²) in [6, 6.07) is 7.54. The molecule has 0 aliphatic carbocycles. The van der Waals surface area contributed by atoms with Crippen molar-refractivity contribution in [2.45, 2.75) is 26.3 Å². The molecular formula is C16H19ClN2O. The van der Waals surface area contributed by atoms with Crippen molar-refractivity contribution in [1.82, 2.24) is 4.98 Å². The van der Waals surface area contributed by atoms with Gasteiger partial charge in [-0.05, 0) is 42.2 Å². The van der Waals surface area contributed by atoms with Crippen LogP contribution in [0, 0.1) is 6.92 Å². The molecule has 2 rings (SSSR count). The average Bonchev–Trinajstić information content (AvgIpc) is 2.47. The summed E-state index contributed by atoms with van der Waals surface area (Å²) in [5, 5.41) is 0.726. The number of hydrogen-bond acceptors (Lipinski definition) is 3. The zero-order valence-corrected chi connectivity index (χ0v) is 12.5. The second-order valence-electron chi connectivity index (χ2n) is 4.79. The average molecular weight is 291 g/mol. The van der Waals surface area contributed by atoms with Crippen LogP contribution >= 0.6 is 11.6 Å². The van der Waals surface area contributed by atoms with Crippen molar-refractivity contribution in [3.8, 4) is 5.75 Å². The molecule has 3 nitrogen and oxygen atoms in total. The van der Waals surface area contributed by atoms with Crippen LogP contribution in [0.3, 0.4) is 0 Å². The van der Waals surface area contributed by atoms with E-state index in [0.29, 0.717) is 6.61 Å². The number of hydrogen-bond donors (Lipinski definition) is 1. The highest BCUT2D eigenvalue weighted by molar-refractivity contribution is 6.31. The summed E-state index contributed by atoms with van der Waals surface area (Å²) >= 11 is 6.15. The summed E-state index contributed by atoms with van der Waals surface area (Å²) in [5.41, 5.74) is 9.20. The third kappa shape index (κ3) is 3.50. The molecule has 106 valence electrons. The van der Waals surface area contributed by atoms with Crippen LogP contribution in [0.5, 0.6) is 5.75 Å². The molecule has 0 bridgehead atoms. The molecule has 1 heterocycles. The van der Waals surface area contributed by atoms with Gasteiger partial charge in [0.15, 0.2) is 0 Å². The lowest BCUT2D eigenvalue weighted by molar-refractivity contribution is 0.315. The number of aryl methyl sites for hydroxylation is 1. The van der Waals surface area contributed by atoms with Crippen LogP contribution in [0.25, 0.3) is 0 Å². The van der Waals surface area contributed by atoms with E-state index in [1.54, 1.807) is 12.4 Å². The summed E-state index contributed by atoms with van der Waals surface area (Å²) in [4.78, 5) is 4.19. The van der Waals surface area contributed by atoms with Gasteiger partial charge in [-0.25, -0.2) is 0 Å². The molecule has 0 aliphatic heterocycles. The van der Waals surface area contributed by atoms with Crippen molar-refractivity contribution in [3.63, 3.8) is 0 Å². The van der Waals surface area contributed by atoms with Crippen LogP contribution in [0.2, 0.25) is 5.02 Å². The van der Waals surface area contributed by atoms with E-state index in [1.165, 1.54) is 0 Å². The smallest absolute Gasteiger partial charge is 0.137 e.